The van der Waals surface area contributed by atoms with Crippen molar-refractivity contribution in [1.82, 2.24) is 29.7 Å². The van der Waals surface area contributed by atoms with Crippen molar-refractivity contribution in [3.05, 3.63) is 83.6 Å². The van der Waals surface area contributed by atoms with Crippen molar-refractivity contribution in [2.24, 2.45) is 5.92 Å². The van der Waals surface area contributed by atoms with Crippen LogP contribution in [0.5, 0.6) is 0 Å². The standard InChI is InChI=1S/C44H46F4N6O4/c1-41(2,3)57-39(55)53-17-7-8-35(53)37-49-22-34(52-37)25-11-15-29-28-14-10-23(19-30(28)43(45,46)44(47,48)31(29)20-25)24-12-16-32-33(21-24)51-38(50-32)36-26-9-13-27(18-26)54(36)40(56)58-42(4,5)6/h10-12,14-16,19-22,26-27,35-36H,7-9,13,17-18H2,1-6H3,(H,49,52)(H,50,51)/t26-,27+,35?,36-/m0/s1. The summed E-state index contributed by atoms with van der Waals surface area (Å²) in [6.07, 6.45) is 4.72. The number of halogens is 4. The number of carbonyl (C=O) groups excluding carboxylic acids is 2. The number of ether oxygens (including phenoxy) is 2. The van der Waals surface area contributed by atoms with Gasteiger partial charge in [0.25, 0.3) is 0 Å². The summed E-state index contributed by atoms with van der Waals surface area (Å²) < 4.78 is 75.9. The number of hydrogen-bond donors (Lipinski definition) is 2. The van der Waals surface area contributed by atoms with Gasteiger partial charge in [0, 0.05) is 29.3 Å². The number of piperidine rings is 1. The first-order valence-electron chi connectivity index (χ1n) is 19.9. The van der Waals surface area contributed by atoms with E-state index >= 15 is 17.6 Å². The molecule has 3 aromatic carbocycles. The summed E-state index contributed by atoms with van der Waals surface area (Å²) in [6, 6.07) is 13.1. The van der Waals surface area contributed by atoms with Gasteiger partial charge in [0.2, 0.25) is 0 Å². The molecule has 1 unspecified atom stereocenters. The van der Waals surface area contributed by atoms with E-state index < -0.39 is 46.3 Å². The van der Waals surface area contributed by atoms with Gasteiger partial charge in [-0.2, -0.15) is 17.6 Å². The molecule has 5 aromatic rings. The summed E-state index contributed by atoms with van der Waals surface area (Å²) in [6.45, 7) is 11.3. The number of H-pyrrole nitrogens is 2. The van der Waals surface area contributed by atoms with Crippen LogP contribution in [0.3, 0.4) is 0 Å². The monoisotopic (exact) mass is 798 g/mol. The fourth-order valence-electron chi connectivity index (χ4n) is 9.27. The Balaban J connectivity index is 1.01. The van der Waals surface area contributed by atoms with Crippen LogP contribution in [0.4, 0.5) is 27.2 Å². The van der Waals surface area contributed by atoms with Gasteiger partial charge in [-0.3, -0.25) is 9.80 Å². The number of aromatic nitrogens is 4. The molecule has 1 saturated carbocycles. The molecule has 304 valence electrons. The molecule has 14 heteroatoms. The van der Waals surface area contributed by atoms with Crippen molar-refractivity contribution in [3.8, 4) is 33.5 Å². The molecule has 3 fully saturated rings. The van der Waals surface area contributed by atoms with E-state index in [0.29, 0.717) is 52.5 Å². The van der Waals surface area contributed by atoms with E-state index in [1.165, 1.54) is 18.3 Å². The number of likely N-dealkylation sites (tertiary alicyclic amines) is 2. The highest BCUT2D eigenvalue weighted by Gasteiger charge is 2.63. The second kappa shape index (κ2) is 13.1. The largest absolute Gasteiger partial charge is 0.444 e. The Morgan fingerprint density at radius 3 is 2.07 bits per heavy atom. The van der Waals surface area contributed by atoms with Crippen molar-refractivity contribution < 1.29 is 36.6 Å². The predicted octanol–water partition coefficient (Wildman–Crippen LogP) is 11.0. The number of hydrogen-bond acceptors (Lipinski definition) is 6. The maximum absolute atomic E-state index is 16.2. The van der Waals surface area contributed by atoms with E-state index in [0.717, 1.165) is 37.8 Å². The minimum Gasteiger partial charge on any atom is -0.444 e. The molecule has 58 heavy (non-hydrogen) atoms. The van der Waals surface area contributed by atoms with Crippen molar-refractivity contribution in [2.75, 3.05) is 6.54 Å². The van der Waals surface area contributed by atoms with E-state index in [-0.39, 0.29) is 40.8 Å². The summed E-state index contributed by atoms with van der Waals surface area (Å²) in [5.74, 6) is -7.74. The quantitative estimate of drug-likeness (QED) is 0.175. The van der Waals surface area contributed by atoms with Crippen LogP contribution in [0, 0.1) is 5.92 Å². The van der Waals surface area contributed by atoms with Gasteiger partial charge in [-0.25, -0.2) is 19.6 Å². The second-order valence-corrected chi connectivity index (χ2v) is 18.1. The third-order valence-electron chi connectivity index (χ3n) is 11.8. The average molecular weight is 799 g/mol. The normalized spacial score (nSPS) is 23.3. The highest BCUT2D eigenvalue weighted by molar-refractivity contribution is 5.85. The zero-order chi connectivity index (χ0) is 41.1. The van der Waals surface area contributed by atoms with Crippen LogP contribution >= 0.6 is 0 Å². The van der Waals surface area contributed by atoms with Crippen LogP contribution in [0.25, 0.3) is 44.5 Å². The lowest BCUT2D eigenvalue weighted by Gasteiger charge is -2.35. The highest BCUT2D eigenvalue weighted by Crippen LogP contribution is 2.59. The van der Waals surface area contributed by atoms with Crippen LogP contribution in [-0.2, 0) is 21.3 Å². The van der Waals surface area contributed by atoms with Gasteiger partial charge in [-0.1, -0.05) is 30.3 Å². The predicted molar refractivity (Wildman–Crippen MR) is 209 cm³/mol. The van der Waals surface area contributed by atoms with Crippen molar-refractivity contribution in [3.63, 3.8) is 0 Å². The topological polar surface area (TPSA) is 116 Å². The summed E-state index contributed by atoms with van der Waals surface area (Å²) in [5.41, 5.74) is -0.0383. The molecule has 2 amide bonds. The Hall–Kier alpha value is -5.40. The molecular weight excluding hydrogens is 753 g/mol. The SMILES string of the molecule is CC(C)(C)OC(=O)N1CCCC1c1ncc(-c2ccc3c(c2)C(F)(F)C(F)(F)c2cc(-c4ccc5nc([C@@H]6[C@H]7CC[C@H](C7)N6C(=O)OC(C)(C)C)[nH]c5c4)ccc2-3)[nH]1. The number of imidazole rings is 2. The number of aromatic amines is 2. The first kappa shape index (κ1) is 38.1. The number of amides is 2. The number of alkyl halides is 4. The number of benzene rings is 3. The second-order valence-electron chi connectivity index (χ2n) is 18.1. The smallest absolute Gasteiger partial charge is 0.411 e. The molecule has 0 radical (unpaired) electrons. The van der Waals surface area contributed by atoms with Gasteiger partial charge in [-0.05, 0) is 126 Å². The van der Waals surface area contributed by atoms with E-state index in [2.05, 4.69) is 15.0 Å². The van der Waals surface area contributed by atoms with Crippen molar-refractivity contribution >= 4 is 23.2 Å². The van der Waals surface area contributed by atoms with E-state index in [9.17, 15) is 9.59 Å². The first-order valence-corrected chi connectivity index (χ1v) is 19.9. The van der Waals surface area contributed by atoms with Gasteiger partial charge in [0.05, 0.1) is 35.0 Å². The molecule has 4 heterocycles. The molecular formula is C44H46F4N6O4. The molecule has 2 bridgehead atoms. The highest BCUT2D eigenvalue weighted by atomic mass is 19.3. The third-order valence-corrected chi connectivity index (χ3v) is 11.8. The van der Waals surface area contributed by atoms with E-state index in [4.69, 9.17) is 14.5 Å². The van der Waals surface area contributed by atoms with E-state index in [1.807, 2.05) is 20.8 Å². The Kier molecular flexibility index (Phi) is 8.58. The zero-order valence-electron chi connectivity index (χ0n) is 33.3. The number of rotatable bonds is 4. The molecule has 2 aliphatic heterocycles. The Bertz CT molecular complexity index is 2460. The van der Waals surface area contributed by atoms with Gasteiger partial charge in [-0.15, -0.1) is 0 Å². The van der Waals surface area contributed by atoms with Gasteiger partial charge in [0.1, 0.15) is 22.9 Å². The Morgan fingerprint density at radius 1 is 0.759 bits per heavy atom. The van der Waals surface area contributed by atoms with Gasteiger partial charge in [0.15, 0.2) is 0 Å². The minimum absolute atomic E-state index is 0.0157. The molecule has 2 saturated heterocycles. The maximum Gasteiger partial charge on any atom is 0.411 e. The Labute approximate surface area is 333 Å². The number of carbonyl (C=O) groups is 2. The van der Waals surface area contributed by atoms with Crippen molar-refractivity contribution in [2.45, 2.75) is 115 Å². The summed E-state index contributed by atoms with van der Waals surface area (Å²) in [7, 11) is 0. The first-order chi connectivity index (χ1) is 27.3. The fraction of sp³-hybridized carbons (Fsp3) is 0.455. The van der Waals surface area contributed by atoms with Crippen LogP contribution in [0.15, 0.2) is 60.8 Å². The van der Waals surface area contributed by atoms with Crippen LogP contribution in [0.2, 0.25) is 0 Å². The maximum atomic E-state index is 16.2. The lowest BCUT2D eigenvalue weighted by molar-refractivity contribution is -0.225. The molecule has 2 aliphatic carbocycles. The van der Waals surface area contributed by atoms with Crippen LogP contribution in [0.1, 0.15) is 109 Å². The van der Waals surface area contributed by atoms with Gasteiger partial charge < -0.3 is 19.4 Å². The van der Waals surface area contributed by atoms with Crippen LogP contribution < -0.4 is 0 Å². The molecule has 2 N–H and O–H groups in total. The molecule has 9 rings (SSSR count). The van der Waals surface area contributed by atoms with Crippen LogP contribution in [-0.4, -0.2) is 65.7 Å². The number of fused-ring (bicyclic) bond motifs is 6. The average Bonchev–Trinajstić information content (AvgIpc) is 4.00. The number of nitrogens with zero attached hydrogens (tertiary/aromatic N) is 4. The summed E-state index contributed by atoms with van der Waals surface area (Å²) in [5, 5.41) is 0. The zero-order valence-corrected chi connectivity index (χ0v) is 33.3. The summed E-state index contributed by atoms with van der Waals surface area (Å²) in [4.78, 5) is 45.4. The minimum atomic E-state index is -4.53. The lowest BCUT2D eigenvalue weighted by Crippen LogP contribution is -2.43. The van der Waals surface area contributed by atoms with E-state index in [1.54, 1.807) is 60.9 Å². The lowest BCUT2D eigenvalue weighted by atomic mass is 9.78. The fourth-order valence-corrected chi connectivity index (χ4v) is 9.27. The van der Waals surface area contributed by atoms with Gasteiger partial charge >= 0.3 is 24.0 Å². The van der Waals surface area contributed by atoms with Crippen molar-refractivity contribution in [1.29, 1.82) is 0 Å². The number of nitrogens with one attached hydrogen (secondary N) is 2. The molecule has 10 nitrogen and oxygen atoms in total. The molecule has 4 aliphatic rings. The Morgan fingerprint density at radius 2 is 1.38 bits per heavy atom. The molecule has 0 spiro atoms. The summed E-state index contributed by atoms with van der Waals surface area (Å²) >= 11 is 0. The molecule has 4 atom stereocenters. The molecule has 2 aromatic heterocycles. The third kappa shape index (κ3) is 6.30.